The van der Waals surface area contributed by atoms with Crippen molar-refractivity contribution in [3.8, 4) is 0 Å². The predicted octanol–water partition coefficient (Wildman–Crippen LogP) is 4.31. The molecule has 0 amide bonds. The van der Waals surface area contributed by atoms with E-state index in [0.717, 1.165) is 19.3 Å². The number of methoxy groups -OCH3 is 1. The van der Waals surface area contributed by atoms with Crippen LogP contribution in [-0.2, 0) is 23.8 Å². The maximum absolute atomic E-state index is 11.9. The van der Waals surface area contributed by atoms with Crippen LogP contribution in [-0.4, -0.2) is 49.1 Å². The number of hydrogen-bond donors (Lipinski definition) is 1. The minimum absolute atomic E-state index is 0.0200. The fourth-order valence-electron chi connectivity index (χ4n) is 3.60. The van der Waals surface area contributed by atoms with Gasteiger partial charge in [-0.05, 0) is 19.3 Å². The quantitative estimate of drug-likeness (QED) is 0.307. The van der Waals surface area contributed by atoms with E-state index in [9.17, 15) is 14.7 Å². The van der Waals surface area contributed by atoms with E-state index in [0.29, 0.717) is 19.3 Å². The number of esters is 2. The van der Waals surface area contributed by atoms with Gasteiger partial charge in [-0.15, -0.1) is 0 Å². The molecule has 6 nitrogen and oxygen atoms in total. The van der Waals surface area contributed by atoms with Crippen LogP contribution in [0.3, 0.4) is 0 Å². The number of rotatable bonds is 16. The number of ether oxygens (including phenoxy) is 3. The molecular weight excluding hydrogens is 360 g/mol. The number of carbonyl (C=O) groups excluding carboxylic acids is 2. The summed E-state index contributed by atoms with van der Waals surface area (Å²) in [6.07, 6.45) is 14.2. The van der Waals surface area contributed by atoms with Crippen LogP contribution in [0.15, 0.2) is 0 Å². The van der Waals surface area contributed by atoms with Gasteiger partial charge in [-0.2, -0.15) is 0 Å². The highest BCUT2D eigenvalue weighted by Gasteiger charge is 2.44. The molecule has 1 aliphatic rings. The average Bonchev–Trinajstić information content (AvgIpc) is 3.15. The minimum atomic E-state index is -0.981. The molecule has 0 aromatic carbocycles. The summed E-state index contributed by atoms with van der Waals surface area (Å²) in [5.74, 6) is -0.725. The maximum atomic E-state index is 11.9. The first-order valence-electron chi connectivity index (χ1n) is 11.1. The second-order valence-electron chi connectivity index (χ2n) is 7.96. The molecule has 1 N–H and O–H groups in total. The summed E-state index contributed by atoms with van der Waals surface area (Å²) in [6, 6.07) is 0. The molecule has 28 heavy (non-hydrogen) atoms. The maximum Gasteiger partial charge on any atom is 0.335 e. The van der Waals surface area contributed by atoms with E-state index in [1.807, 2.05) is 0 Å². The molecule has 0 aromatic heterocycles. The lowest BCUT2D eigenvalue weighted by atomic mass is 10.0. The van der Waals surface area contributed by atoms with Crippen molar-refractivity contribution >= 4 is 11.9 Å². The molecule has 1 aliphatic heterocycles. The molecule has 1 saturated heterocycles. The number of unbranched alkanes of at least 4 members (excludes halogenated alkanes) is 10. The first kappa shape index (κ1) is 24.9. The number of aliphatic hydroxyl groups is 1. The Bertz CT molecular complexity index is 439. The summed E-state index contributed by atoms with van der Waals surface area (Å²) in [6.45, 7) is 1.93. The molecule has 164 valence electrons. The smallest absolute Gasteiger partial charge is 0.335 e. The number of aliphatic hydroxyl groups excluding tert-OH is 1. The molecule has 0 radical (unpaired) electrons. The van der Waals surface area contributed by atoms with E-state index < -0.39 is 17.7 Å². The largest absolute Gasteiger partial charge is 0.467 e. The summed E-state index contributed by atoms with van der Waals surface area (Å²) in [5, 5.41) is 9.61. The summed E-state index contributed by atoms with van der Waals surface area (Å²) < 4.78 is 15.6. The van der Waals surface area contributed by atoms with E-state index in [1.54, 1.807) is 0 Å². The van der Waals surface area contributed by atoms with Gasteiger partial charge in [0, 0.05) is 6.42 Å². The van der Waals surface area contributed by atoms with Crippen molar-refractivity contribution in [2.45, 2.75) is 109 Å². The second kappa shape index (κ2) is 14.8. The van der Waals surface area contributed by atoms with Gasteiger partial charge in [-0.3, -0.25) is 4.79 Å². The molecule has 1 rings (SSSR count). The zero-order valence-corrected chi connectivity index (χ0v) is 17.9. The van der Waals surface area contributed by atoms with Gasteiger partial charge in [0.15, 0.2) is 6.10 Å². The van der Waals surface area contributed by atoms with E-state index in [-0.39, 0.29) is 19.2 Å². The molecule has 0 bridgehead atoms. The monoisotopic (exact) mass is 400 g/mol. The molecule has 0 unspecified atom stereocenters. The van der Waals surface area contributed by atoms with Gasteiger partial charge in [0.1, 0.15) is 12.2 Å². The average molecular weight is 401 g/mol. The standard InChI is InChI=1S/C22H40O6/c1-3-4-5-6-7-8-9-10-11-12-13-14-20(24)27-18-22(17-23)16-15-19(28-22)21(25)26-2/h19,23H,3-18H2,1-2H3/t19-,22+/m0/s1. The Hall–Kier alpha value is -1.14. The SMILES string of the molecule is CCCCCCCCCCCCCC(=O)OC[C@]1(CO)CC[C@@H](C(=O)OC)O1. The van der Waals surface area contributed by atoms with Crippen LogP contribution in [0.2, 0.25) is 0 Å². The third-order valence-corrected chi connectivity index (χ3v) is 5.49. The van der Waals surface area contributed by atoms with Crippen molar-refractivity contribution in [1.82, 2.24) is 0 Å². The lowest BCUT2D eigenvalue weighted by molar-refractivity contribution is -0.171. The van der Waals surface area contributed by atoms with Crippen LogP contribution in [0.4, 0.5) is 0 Å². The highest BCUT2D eigenvalue weighted by Crippen LogP contribution is 2.31. The van der Waals surface area contributed by atoms with Crippen molar-refractivity contribution < 1.29 is 28.9 Å². The van der Waals surface area contributed by atoms with Gasteiger partial charge in [0.2, 0.25) is 0 Å². The highest BCUT2D eigenvalue weighted by atomic mass is 16.6. The van der Waals surface area contributed by atoms with E-state index >= 15 is 0 Å². The Morgan fingerprint density at radius 3 is 2.11 bits per heavy atom. The Morgan fingerprint density at radius 1 is 1.00 bits per heavy atom. The number of carbonyl (C=O) groups is 2. The predicted molar refractivity (Wildman–Crippen MR) is 108 cm³/mol. The van der Waals surface area contributed by atoms with Gasteiger partial charge in [-0.1, -0.05) is 71.1 Å². The molecule has 0 aromatic rings. The van der Waals surface area contributed by atoms with Crippen molar-refractivity contribution in [1.29, 1.82) is 0 Å². The van der Waals surface area contributed by atoms with E-state index in [1.165, 1.54) is 58.5 Å². The van der Waals surface area contributed by atoms with Crippen molar-refractivity contribution in [3.05, 3.63) is 0 Å². The van der Waals surface area contributed by atoms with Crippen LogP contribution in [0.5, 0.6) is 0 Å². The normalized spacial score (nSPS) is 21.6. The first-order chi connectivity index (χ1) is 13.6. The van der Waals surface area contributed by atoms with Crippen molar-refractivity contribution in [2.24, 2.45) is 0 Å². The third kappa shape index (κ3) is 9.87. The minimum Gasteiger partial charge on any atom is -0.467 e. The highest BCUT2D eigenvalue weighted by molar-refractivity contribution is 5.75. The zero-order chi connectivity index (χ0) is 20.7. The molecular formula is C22H40O6. The third-order valence-electron chi connectivity index (χ3n) is 5.49. The fraction of sp³-hybridized carbons (Fsp3) is 0.909. The Morgan fingerprint density at radius 2 is 1.57 bits per heavy atom. The van der Waals surface area contributed by atoms with Gasteiger partial charge < -0.3 is 19.3 Å². The van der Waals surface area contributed by atoms with Gasteiger partial charge in [-0.25, -0.2) is 4.79 Å². The van der Waals surface area contributed by atoms with Crippen LogP contribution in [0.1, 0.15) is 96.8 Å². The van der Waals surface area contributed by atoms with Crippen molar-refractivity contribution in [3.63, 3.8) is 0 Å². The summed E-state index contributed by atoms with van der Waals surface area (Å²) >= 11 is 0. The first-order valence-corrected chi connectivity index (χ1v) is 11.1. The van der Waals surface area contributed by atoms with E-state index in [2.05, 4.69) is 11.7 Å². The van der Waals surface area contributed by atoms with Crippen LogP contribution in [0.25, 0.3) is 0 Å². The lowest BCUT2D eigenvalue weighted by Gasteiger charge is -2.26. The molecule has 0 aliphatic carbocycles. The summed E-state index contributed by atoms with van der Waals surface area (Å²) in [4.78, 5) is 23.5. The molecule has 6 heteroatoms. The van der Waals surface area contributed by atoms with Crippen molar-refractivity contribution in [2.75, 3.05) is 20.3 Å². The molecule has 1 heterocycles. The van der Waals surface area contributed by atoms with Gasteiger partial charge in [0.25, 0.3) is 0 Å². The van der Waals surface area contributed by atoms with Gasteiger partial charge in [0.05, 0.1) is 13.7 Å². The van der Waals surface area contributed by atoms with Crippen LogP contribution >= 0.6 is 0 Å². The Kier molecular flexibility index (Phi) is 13.2. The van der Waals surface area contributed by atoms with E-state index in [4.69, 9.17) is 9.47 Å². The molecule has 2 atom stereocenters. The van der Waals surface area contributed by atoms with Crippen LogP contribution < -0.4 is 0 Å². The van der Waals surface area contributed by atoms with Crippen LogP contribution in [0, 0.1) is 0 Å². The zero-order valence-electron chi connectivity index (χ0n) is 17.9. The molecule has 0 saturated carbocycles. The number of hydrogen-bond acceptors (Lipinski definition) is 6. The summed E-state index contributed by atoms with van der Waals surface area (Å²) in [7, 11) is 1.30. The second-order valence-corrected chi connectivity index (χ2v) is 7.96. The molecule has 0 spiro atoms. The summed E-state index contributed by atoms with van der Waals surface area (Å²) in [5.41, 5.74) is -0.981. The Labute approximate surface area is 170 Å². The topological polar surface area (TPSA) is 82.1 Å². The fourth-order valence-corrected chi connectivity index (χ4v) is 3.60. The Balaban J connectivity index is 2.04. The molecule has 1 fully saturated rings. The lowest BCUT2D eigenvalue weighted by Crippen LogP contribution is -2.41. The van der Waals surface area contributed by atoms with Gasteiger partial charge >= 0.3 is 11.9 Å².